The topological polar surface area (TPSA) is 57.6 Å². The van der Waals surface area contributed by atoms with Crippen molar-refractivity contribution in [2.75, 3.05) is 10.8 Å². The van der Waals surface area contributed by atoms with Gasteiger partial charge in [0.1, 0.15) is 0 Å². The number of anilines is 1. The Morgan fingerprint density at radius 3 is 2.50 bits per heavy atom. The highest BCUT2D eigenvalue weighted by molar-refractivity contribution is 7.93. The fourth-order valence-corrected chi connectivity index (χ4v) is 4.38. The van der Waals surface area contributed by atoms with Crippen LogP contribution in [0.4, 0.5) is 5.69 Å². The van der Waals surface area contributed by atoms with Crippen LogP contribution in [0, 0.1) is 0 Å². The van der Waals surface area contributed by atoms with Gasteiger partial charge in [-0.15, -0.1) is 0 Å². The molecule has 0 bridgehead atoms. The molecule has 106 valence electrons. The molecule has 1 atom stereocenters. The van der Waals surface area contributed by atoms with Crippen molar-refractivity contribution in [3.05, 3.63) is 36.4 Å². The molecule has 0 aliphatic carbocycles. The van der Waals surface area contributed by atoms with Crippen LogP contribution < -0.4 is 4.31 Å². The number of hydrogen-bond acceptors (Lipinski definition) is 3. The normalized spacial score (nSPS) is 19.2. The monoisotopic (exact) mass is 291 g/mol. The van der Waals surface area contributed by atoms with Gasteiger partial charge in [-0.1, -0.05) is 31.2 Å². The Bertz CT molecular complexity index is 776. The summed E-state index contributed by atoms with van der Waals surface area (Å²) in [5.74, 6) is 0. The molecule has 4 nitrogen and oxygen atoms in total. The maximum absolute atomic E-state index is 12.7. The molecular weight excluding hydrogens is 274 g/mol. The molecule has 1 N–H and O–H groups in total. The largest absolute Gasteiger partial charge is 0.388 e. The van der Waals surface area contributed by atoms with Gasteiger partial charge in [-0.3, -0.25) is 4.31 Å². The van der Waals surface area contributed by atoms with Gasteiger partial charge in [0.25, 0.3) is 10.0 Å². The summed E-state index contributed by atoms with van der Waals surface area (Å²) in [6.07, 6.45) is 0.491. The highest BCUT2D eigenvalue weighted by Crippen LogP contribution is 2.42. The van der Waals surface area contributed by atoms with E-state index in [1.165, 1.54) is 4.31 Å². The highest BCUT2D eigenvalue weighted by Gasteiger charge is 2.38. The van der Waals surface area contributed by atoms with Crippen LogP contribution in [0.3, 0.4) is 0 Å². The fourth-order valence-electron chi connectivity index (χ4n) is 2.55. The summed E-state index contributed by atoms with van der Waals surface area (Å²) < 4.78 is 26.7. The van der Waals surface area contributed by atoms with Gasteiger partial charge in [-0.2, -0.15) is 0 Å². The Labute approximate surface area is 118 Å². The second kappa shape index (κ2) is 4.20. The number of rotatable bonds is 3. The zero-order chi connectivity index (χ0) is 14.5. The van der Waals surface area contributed by atoms with Crippen LogP contribution in [0.15, 0.2) is 41.3 Å². The molecule has 1 heterocycles. The maximum Gasteiger partial charge on any atom is 0.265 e. The number of aliphatic hydroxyl groups is 1. The summed E-state index contributed by atoms with van der Waals surface area (Å²) in [5.41, 5.74) is -0.385. The zero-order valence-electron chi connectivity index (χ0n) is 11.5. The highest BCUT2D eigenvalue weighted by atomic mass is 32.2. The lowest BCUT2D eigenvalue weighted by Gasteiger charge is -2.28. The van der Waals surface area contributed by atoms with Gasteiger partial charge in [0.15, 0.2) is 0 Å². The van der Waals surface area contributed by atoms with E-state index in [1.54, 1.807) is 25.1 Å². The molecule has 0 radical (unpaired) electrons. The van der Waals surface area contributed by atoms with Crippen LogP contribution in [0.25, 0.3) is 10.8 Å². The van der Waals surface area contributed by atoms with Crippen molar-refractivity contribution in [1.29, 1.82) is 0 Å². The molecular formula is C15H17NO3S. The molecule has 0 aromatic heterocycles. The van der Waals surface area contributed by atoms with Gasteiger partial charge >= 0.3 is 0 Å². The molecule has 1 aliphatic rings. The van der Waals surface area contributed by atoms with Crippen LogP contribution in [-0.4, -0.2) is 25.7 Å². The van der Waals surface area contributed by atoms with Gasteiger partial charge in [0.05, 0.1) is 22.7 Å². The lowest BCUT2D eigenvalue weighted by Crippen LogP contribution is -2.42. The summed E-state index contributed by atoms with van der Waals surface area (Å²) >= 11 is 0. The fraction of sp³-hybridized carbons (Fsp3) is 0.333. The summed E-state index contributed by atoms with van der Waals surface area (Å²) in [4.78, 5) is 0.331. The molecule has 0 unspecified atom stereocenters. The van der Waals surface area contributed by atoms with Crippen LogP contribution in [0.5, 0.6) is 0 Å². The maximum atomic E-state index is 12.7. The third-order valence-corrected chi connectivity index (χ3v) is 5.73. The minimum atomic E-state index is -3.57. The van der Waals surface area contributed by atoms with Gasteiger partial charge in [-0.05, 0) is 30.9 Å². The summed E-state index contributed by atoms with van der Waals surface area (Å²) in [6, 6.07) is 10.8. The lowest BCUT2D eigenvalue weighted by atomic mass is 10.0. The van der Waals surface area contributed by atoms with E-state index in [2.05, 4.69) is 0 Å². The number of sulfonamides is 1. The molecule has 0 saturated carbocycles. The van der Waals surface area contributed by atoms with Crippen molar-refractivity contribution in [1.82, 2.24) is 0 Å². The molecule has 20 heavy (non-hydrogen) atoms. The van der Waals surface area contributed by atoms with E-state index in [4.69, 9.17) is 0 Å². The first-order valence-corrected chi connectivity index (χ1v) is 8.08. The van der Waals surface area contributed by atoms with Gasteiger partial charge in [0.2, 0.25) is 0 Å². The van der Waals surface area contributed by atoms with E-state index in [9.17, 15) is 13.5 Å². The SMILES string of the molecule is CC[C@@](C)(O)CN1c2cccc3cccc(c23)S1(=O)=O. The van der Waals surface area contributed by atoms with Crippen molar-refractivity contribution in [3.8, 4) is 0 Å². The van der Waals surface area contributed by atoms with E-state index in [0.29, 0.717) is 17.0 Å². The Morgan fingerprint density at radius 2 is 1.85 bits per heavy atom. The standard InChI is InChI=1S/C15H17NO3S/c1-3-15(2,17)10-16-12-8-4-6-11-7-5-9-13(14(11)12)20(16,18)19/h4-9,17H,3,10H2,1-2H3/t15-/m1/s1. The van der Waals surface area contributed by atoms with E-state index in [0.717, 1.165) is 10.8 Å². The number of benzene rings is 2. The first-order valence-electron chi connectivity index (χ1n) is 6.64. The summed E-state index contributed by atoms with van der Waals surface area (Å²) in [5, 5.41) is 11.9. The van der Waals surface area contributed by atoms with E-state index in [-0.39, 0.29) is 6.54 Å². The summed E-state index contributed by atoms with van der Waals surface area (Å²) in [7, 11) is -3.57. The van der Waals surface area contributed by atoms with Crippen LogP contribution in [-0.2, 0) is 10.0 Å². The minimum absolute atomic E-state index is 0.0691. The van der Waals surface area contributed by atoms with E-state index >= 15 is 0 Å². The molecule has 2 aromatic carbocycles. The van der Waals surface area contributed by atoms with Crippen molar-refractivity contribution < 1.29 is 13.5 Å². The molecule has 0 saturated heterocycles. The first kappa shape index (κ1) is 13.4. The zero-order valence-corrected chi connectivity index (χ0v) is 12.3. The third-order valence-electron chi connectivity index (χ3n) is 3.93. The van der Waals surface area contributed by atoms with Gasteiger partial charge in [0, 0.05) is 5.39 Å². The van der Waals surface area contributed by atoms with Crippen LogP contribution >= 0.6 is 0 Å². The van der Waals surface area contributed by atoms with Crippen LogP contribution in [0.2, 0.25) is 0 Å². The smallest absolute Gasteiger partial charge is 0.265 e. The van der Waals surface area contributed by atoms with Crippen molar-refractivity contribution in [3.63, 3.8) is 0 Å². The van der Waals surface area contributed by atoms with Gasteiger partial charge in [-0.25, -0.2) is 8.42 Å². The predicted octanol–water partition coefficient (Wildman–Crippen LogP) is 2.51. The summed E-state index contributed by atoms with van der Waals surface area (Å²) in [6.45, 7) is 3.57. The minimum Gasteiger partial charge on any atom is -0.388 e. The number of β-amino-alcohol motifs (C(OH)–C–C–N with tert-alkyl or cyclic N) is 1. The van der Waals surface area contributed by atoms with Gasteiger partial charge < -0.3 is 5.11 Å². The predicted molar refractivity (Wildman–Crippen MR) is 79.4 cm³/mol. The molecule has 5 heteroatoms. The second-order valence-electron chi connectivity index (χ2n) is 5.49. The molecule has 3 rings (SSSR count). The van der Waals surface area contributed by atoms with Crippen molar-refractivity contribution in [2.45, 2.75) is 30.8 Å². The van der Waals surface area contributed by atoms with E-state index in [1.807, 2.05) is 25.1 Å². The van der Waals surface area contributed by atoms with Crippen molar-refractivity contribution >= 4 is 26.5 Å². The Kier molecular flexibility index (Phi) is 2.81. The average molecular weight is 291 g/mol. The molecule has 0 amide bonds. The Balaban J connectivity index is 2.24. The molecule has 0 fully saturated rings. The Morgan fingerprint density at radius 1 is 1.20 bits per heavy atom. The number of nitrogens with zero attached hydrogens (tertiary/aromatic N) is 1. The lowest BCUT2D eigenvalue weighted by molar-refractivity contribution is 0.0664. The second-order valence-corrected chi connectivity index (χ2v) is 7.32. The molecule has 0 spiro atoms. The first-order chi connectivity index (χ1) is 9.37. The van der Waals surface area contributed by atoms with Crippen molar-refractivity contribution in [2.24, 2.45) is 0 Å². The quantitative estimate of drug-likeness (QED) is 0.945. The third kappa shape index (κ3) is 1.81. The Hall–Kier alpha value is -1.59. The molecule has 1 aliphatic heterocycles. The number of hydrogen-bond donors (Lipinski definition) is 1. The van der Waals surface area contributed by atoms with Crippen LogP contribution in [0.1, 0.15) is 20.3 Å². The molecule has 2 aromatic rings. The average Bonchev–Trinajstić information content (AvgIpc) is 2.63. The van der Waals surface area contributed by atoms with E-state index < -0.39 is 15.6 Å².